The van der Waals surface area contributed by atoms with Crippen LogP contribution in [0, 0.1) is 0 Å². The molecule has 0 spiro atoms. The van der Waals surface area contributed by atoms with Crippen molar-refractivity contribution in [3.8, 4) is 0 Å². The molecule has 0 radical (unpaired) electrons. The van der Waals surface area contributed by atoms with E-state index in [1.165, 1.54) is 0 Å². The van der Waals surface area contributed by atoms with E-state index in [2.05, 4.69) is 22.9 Å². The van der Waals surface area contributed by atoms with Crippen molar-refractivity contribution in [1.82, 2.24) is 0 Å². The number of hydrogen-bond acceptors (Lipinski definition) is 3. The van der Waals surface area contributed by atoms with Crippen LogP contribution in [-0.2, 0) is 4.74 Å². The average molecular weight is 281 g/mol. The van der Waals surface area contributed by atoms with Crippen molar-refractivity contribution in [2.24, 2.45) is 0 Å². The van der Waals surface area contributed by atoms with Crippen LogP contribution in [0.4, 0.5) is 0 Å². The van der Waals surface area contributed by atoms with E-state index < -0.39 is 12.2 Å². The van der Waals surface area contributed by atoms with Gasteiger partial charge in [-0.05, 0) is 26.2 Å². The topological polar surface area (TPSA) is 49.7 Å². The highest BCUT2D eigenvalue weighted by Gasteiger charge is 2.28. The predicted molar refractivity (Wildman–Crippen MR) is 63.2 cm³/mol. The molecule has 1 aliphatic heterocycles. The van der Waals surface area contributed by atoms with Crippen LogP contribution in [0.15, 0.2) is 0 Å². The first-order chi connectivity index (χ1) is 7.04. The Kier molecular flexibility index (Phi) is 5.53. The van der Waals surface area contributed by atoms with Gasteiger partial charge < -0.3 is 14.9 Å². The molecule has 1 heterocycles. The Morgan fingerprint density at radius 3 is 2.60 bits per heavy atom. The Morgan fingerprint density at radius 1 is 1.33 bits per heavy atom. The quantitative estimate of drug-likeness (QED) is 0.759. The molecule has 15 heavy (non-hydrogen) atoms. The van der Waals surface area contributed by atoms with Gasteiger partial charge in [0.2, 0.25) is 0 Å². The molecule has 0 bridgehead atoms. The SMILES string of the molecule is CC[C@@H](Br)[C@@H]1CC[C@@H](O)[C@@H](O)C[C@H](C)O1. The Hall–Kier alpha value is 0.360. The van der Waals surface area contributed by atoms with Crippen molar-refractivity contribution in [1.29, 1.82) is 0 Å². The Labute approximate surface area is 100.0 Å². The molecule has 0 amide bonds. The molecule has 0 aromatic rings. The van der Waals surface area contributed by atoms with Crippen molar-refractivity contribution in [3.05, 3.63) is 0 Å². The van der Waals surface area contributed by atoms with Gasteiger partial charge in [0.15, 0.2) is 0 Å². The summed E-state index contributed by atoms with van der Waals surface area (Å²) in [6.07, 6.45) is 1.84. The lowest BCUT2D eigenvalue weighted by Crippen LogP contribution is -2.38. The number of aliphatic hydroxyl groups excluding tert-OH is 2. The van der Waals surface area contributed by atoms with Crippen LogP contribution < -0.4 is 0 Å². The predicted octanol–water partition coefficient (Wildman–Crippen LogP) is 1.84. The number of halogens is 1. The standard InChI is InChI=1S/C11H21BrO3/c1-3-8(12)11-5-4-9(13)10(14)6-7(2)15-11/h7-11,13-14H,3-6H2,1-2H3/t7-,8+,9+,10-,11-/m0/s1. The van der Waals surface area contributed by atoms with Crippen molar-refractivity contribution >= 4 is 15.9 Å². The highest BCUT2D eigenvalue weighted by molar-refractivity contribution is 9.09. The maximum Gasteiger partial charge on any atom is 0.0823 e. The molecule has 1 rings (SSSR count). The number of aliphatic hydroxyl groups is 2. The number of alkyl halides is 1. The number of hydrogen-bond donors (Lipinski definition) is 2. The summed E-state index contributed by atoms with van der Waals surface area (Å²) in [6, 6.07) is 0. The minimum Gasteiger partial charge on any atom is -0.390 e. The normalized spacial score (nSPS) is 40.6. The minimum absolute atomic E-state index is 0.00606. The maximum absolute atomic E-state index is 9.65. The lowest BCUT2D eigenvalue weighted by molar-refractivity contribution is -0.0839. The smallest absolute Gasteiger partial charge is 0.0823 e. The first-order valence-electron chi connectivity index (χ1n) is 5.70. The summed E-state index contributed by atoms with van der Waals surface area (Å²) >= 11 is 3.59. The molecule has 4 heteroatoms. The van der Waals surface area contributed by atoms with Gasteiger partial charge in [-0.25, -0.2) is 0 Å². The average Bonchev–Trinajstić information content (AvgIpc) is 2.20. The second kappa shape index (κ2) is 6.18. The summed E-state index contributed by atoms with van der Waals surface area (Å²) in [6.45, 7) is 4.06. The van der Waals surface area contributed by atoms with Gasteiger partial charge in [-0.1, -0.05) is 22.9 Å². The van der Waals surface area contributed by atoms with E-state index in [0.29, 0.717) is 17.7 Å². The third-order valence-corrected chi connectivity index (χ3v) is 4.20. The third-order valence-electron chi connectivity index (χ3n) is 2.97. The zero-order chi connectivity index (χ0) is 11.4. The van der Waals surface area contributed by atoms with E-state index in [4.69, 9.17) is 4.74 Å². The van der Waals surface area contributed by atoms with Gasteiger partial charge in [0.25, 0.3) is 0 Å². The maximum atomic E-state index is 9.65. The Balaban J connectivity index is 2.55. The molecule has 0 aliphatic carbocycles. The molecule has 0 unspecified atom stereocenters. The van der Waals surface area contributed by atoms with Gasteiger partial charge in [0.1, 0.15) is 0 Å². The monoisotopic (exact) mass is 280 g/mol. The summed E-state index contributed by atoms with van der Waals surface area (Å²) in [5.74, 6) is 0. The highest BCUT2D eigenvalue weighted by atomic mass is 79.9. The summed E-state index contributed by atoms with van der Waals surface area (Å²) < 4.78 is 5.84. The molecule has 90 valence electrons. The van der Waals surface area contributed by atoms with Crippen LogP contribution in [0.25, 0.3) is 0 Å². The zero-order valence-corrected chi connectivity index (χ0v) is 11.0. The summed E-state index contributed by atoms with van der Waals surface area (Å²) in [7, 11) is 0. The van der Waals surface area contributed by atoms with E-state index in [-0.39, 0.29) is 12.2 Å². The molecule has 5 atom stereocenters. The van der Waals surface area contributed by atoms with Gasteiger partial charge in [0, 0.05) is 11.2 Å². The molecule has 0 aromatic heterocycles. The molecule has 1 fully saturated rings. The van der Waals surface area contributed by atoms with Crippen molar-refractivity contribution in [2.45, 2.75) is 68.8 Å². The van der Waals surface area contributed by atoms with Gasteiger partial charge in [0.05, 0.1) is 24.4 Å². The van der Waals surface area contributed by atoms with Crippen molar-refractivity contribution in [2.75, 3.05) is 0 Å². The van der Waals surface area contributed by atoms with Crippen LogP contribution in [0.3, 0.4) is 0 Å². The fourth-order valence-corrected chi connectivity index (χ4v) is 2.36. The second-order valence-electron chi connectivity index (χ2n) is 4.36. The molecular formula is C11H21BrO3. The Morgan fingerprint density at radius 2 is 2.00 bits per heavy atom. The lowest BCUT2D eigenvalue weighted by atomic mass is 9.97. The van der Waals surface area contributed by atoms with Gasteiger partial charge in [-0.2, -0.15) is 0 Å². The third kappa shape index (κ3) is 4.02. The van der Waals surface area contributed by atoms with Crippen LogP contribution >= 0.6 is 15.9 Å². The number of ether oxygens (including phenoxy) is 1. The number of rotatable bonds is 2. The second-order valence-corrected chi connectivity index (χ2v) is 5.53. The van der Waals surface area contributed by atoms with Crippen LogP contribution in [0.5, 0.6) is 0 Å². The van der Waals surface area contributed by atoms with Gasteiger partial charge >= 0.3 is 0 Å². The van der Waals surface area contributed by atoms with E-state index >= 15 is 0 Å². The van der Waals surface area contributed by atoms with Crippen LogP contribution in [0.2, 0.25) is 0 Å². The van der Waals surface area contributed by atoms with E-state index in [1.54, 1.807) is 0 Å². The van der Waals surface area contributed by atoms with E-state index in [0.717, 1.165) is 12.8 Å². The van der Waals surface area contributed by atoms with Crippen LogP contribution in [0.1, 0.15) is 39.5 Å². The van der Waals surface area contributed by atoms with E-state index in [9.17, 15) is 10.2 Å². The molecular weight excluding hydrogens is 260 g/mol. The summed E-state index contributed by atoms with van der Waals surface area (Å²) in [4.78, 5) is 0.336. The molecule has 1 aliphatic rings. The van der Waals surface area contributed by atoms with E-state index in [1.807, 2.05) is 6.92 Å². The van der Waals surface area contributed by atoms with Gasteiger partial charge in [-0.15, -0.1) is 0 Å². The first kappa shape index (κ1) is 13.4. The minimum atomic E-state index is -0.642. The van der Waals surface area contributed by atoms with Crippen molar-refractivity contribution < 1.29 is 14.9 Å². The van der Waals surface area contributed by atoms with Gasteiger partial charge in [-0.3, -0.25) is 0 Å². The molecule has 0 aromatic carbocycles. The zero-order valence-electron chi connectivity index (χ0n) is 9.40. The highest BCUT2D eigenvalue weighted by Crippen LogP contribution is 2.25. The first-order valence-corrected chi connectivity index (χ1v) is 6.61. The largest absolute Gasteiger partial charge is 0.390 e. The molecule has 2 N–H and O–H groups in total. The van der Waals surface area contributed by atoms with Crippen LogP contribution in [-0.4, -0.2) is 39.5 Å². The summed E-state index contributed by atoms with van der Waals surface area (Å²) in [5, 5.41) is 19.2. The molecule has 1 saturated heterocycles. The fraction of sp³-hybridized carbons (Fsp3) is 1.00. The Bertz CT molecular complexity index is 189. The molecule has 0 saturated carbocycles. The summed E-state index contributed by atoms with van der Waals surface area (Å²) in [5.41, 5.74) is 0. The van der Waals surface area contributed by atoms with Crippen molar-refractivity contribution in [3.63, 3.8) is 0 Å². The fourth-order valence-electron chi connectivity index (χ4n) is 1.98. The molecule has 3 nitrogen and oxygen atoms in total. The lowest BCUT2D eigenvalue weighted by Gasteiger charge is -2.32.